The van der Waals surface area contributed by atoms with Crippen molar-refractivity contribution < 1.29 is 26.4 Å². The molecule has 0 aliphatic rings. The predicted molar refractivity (Wildman–Crippen MR) is 101 cm³/mol. The van der Waals surface area contributed by atoms with Crippen LogP contribution < -0.4 is 9.62 Å². The van der Waals surface area contributed by atoms with Crippen LogP contribution in [0.1, 0.15) is 5.56 Å². The molecule has 2 rings (SSSR count). The van der Waals surface area contributed by atoms with Gasteiger partial charge in [-0.25, -0.2) is 4.31 Å². The van der Waals surface area contributed by atoms with Crippen molar-refractivity contribution in [3.8, 4) is 0 Å². The van der Waals surface area contributed by atoms with E-state index in [4.69, 9.17) is 11.6 Å². The van der Waals surface area contributed by atoms with Crippen molar-refractivity contribution in [2.45, 2.75) is 6.18 Å². The van der Waals surface area contributed by atoms with E-state index < -0.39 is 39.4 Å². The van der Waals surface area contributed by atoms with Crippen LogP contribution in [-0.2, 0) is 21.2 Å². The fraction of sp³-hybridized carbons (Fsp3) is 0.235. The summed E-state index contributed by atoms with van der Waals surface area (Å²) in [6, 6.07) is 10.8. The van der Waals surface area contributed by atoms with E-state index in [1.807, 2.05) is 0 Å². The minimum Gasteiger partial charge on any atom is -0.324 e. The molecule has 1 amide bonds. The molecule has 0 aliphatic heterocycles. The van der Waals surface area contributed by atoms with E-state index in [2.05, 4.69) is 5.32 Å². The second-order valence-electron chi connectivity index (χ2n) is 5.87. The first-order valence-electron chi connectivity index (χ1n) is 7.85. The van der Waals surface area contributed by atoms with Crippen molar-refractivity contribution in [2.75, 3.05) is 30.3 Å². The lowest BCUT2D eigenvalue weighted by atomic mass is 10.2. The van der Waals surface area contributed by atoms with Gasteiger partial charge in [0.05, 0.1) is 16.3 Å². The zero-order valence-corrected chi connectivity index (χ0v) is 16.4. The van der Waals surface area contributed by atoms with Crippen LogP contribution in [0.5, 0.6) is 0 Å². The van der Waals surface area contributed by atoms with Crippen molar-refractivity contribution in [1.82, 2.24) is 4.31 Å². The molecule has 0 bridgehead atoms. The largest absolute Gasteiger partial charge is 0.417 e. The fourth-order valence-electron chi connectivity index (χ4n) is 2.25. The quantitative estimate of drug-likeness (QED) is 0.753. The Hall–Kier alpha value is -2.30. The molecule has 6 nitrogen and oxygen atoms in total. The smallest absolute Gasteiger partial charge is 0.324 e. The molecule has 1 N–H and O–H groups in total. The SMILES string of the molecule is CN(C)S(=O)(=O)N(CC(=O)Nc1ccc(Cl)c(C(F)(F)F)c1)c1ccccc1. The molecule has 0 aromatic heterocycles. The van der Waals surface area contributed by atoms with E-state index >= 15 is 0 Å². The van der Waals surface area contributed by atoms with Crippen molar-refractivity contribution >= 4 is 39.1 Å². The van der Waals surface area contributed by atoms with Crippen LogP contribution >= 0.6 is 11.6 Å². The highest BCUT2D eigenvalue weighted by Crippen LogP contribution is 2.36. The molecule has 11 heteroatoms. The zero-order valence-electron chi connectivity index (χ0n) is 14.9. The van der Waals surface area contributed by atoms with Crippen LogP contribution in [0.25, 0.3) is 0 Å². The summed E-state index contributed by atoms with van der Waals surface area (Å²) in [4.78, 5) is 12.4. The molecule has 152 valence electrons. The van der Waals surface area contributed by atoms with Gasteiger partial charge in [-0.05, 0) is 30.3 Å². The molecule has 2 aromatic carbocycles. The molecular weight excluding hydrogens is 419 g/mol. The number of nitrogens with zero attached hydrogens (tertiary/aromatic N) is 2. The monoisotopic (exact) mass is 435 g/mol. The molecule has 0 unspecified atom stereocenters. The molecule has 0 fully saturated rings. The van der Waals surface area contributed by atoms with Crippen molar-refractivity contribution in [1.29, 1.82) is 0 Å². The van der Waals surface area contributed by atoms with E-state index in [1.54, 1.807) is 18.2 Å². The first-order chi connectivity index (χ1) is 12.9. The van der Waals surface area contributed by atoms with Crippen molar-refractivity contribution in [2.24, 2.45) is 0 Å². The minimum atomic E-state index is -4.69. The van der Waals surface area contributed by atoms with E-state index in [-0.39, 0.29) is 11.4 Å². The number of rotatable bonds is 6. The van der Waals surface area contributed by atoms with E-state index in [0.29, 0.717) is 6.07 Å². The number of para-hydroxylation sites is 1. The van der Waals surface area contributed by atoms with Crippen molar-refractivity contribution in [3.05, 3.63) is 59.1 Å². The number of carbonyl (C=O) groups is 1. The molecule has 2 aromatic rings. The summed E-state index contributed by atoms with van der Waals surface area (Å²) in [6.45, 7) is -0.630. The van der Waals surface area contributed by atoms with Gasteiger partial charge in [-0.2, -0.15) is 25.9 Å². The third-order valence-corrected chi connectivity index (χ3v) is 5.78. The second-order valence-corrected chi connectivity index (χ2v) is 8.35. The van der Waals surface area contributed by atoms with E-state index in [1.165, 1.54) is 32.3 Å². The number of hydrogen-bond acceptors (Lipinski definition) is 3. The van der Waals surface area contributed by atoms with Crippen LogP contribution in [-0.4, -0.2) is 39.3 Å². The molecule has 0 radical (unpaired) electrons. The maximum atomic E-state index is 13.0. The number of nitrogens with one attached hydrogen (secondary N) is 1. The van der Waals surface area contributed by atoms with E-state index in [9.17, 15) is 26.4 Å². The number of hydrogen-bond donors (Lipinski definition) is 1. The van der Waals surface area contributed by atoms with Gasteiger partial charge in [0.15, 0.2) is 0 Å². The third-order valence-electron chi connectivity index (χ3n) is 3.63. The van der Waals surface area contributed by atoms with Crippen LogP contribution in [0.4, 0.5) is 24.5 Å². The van der Waals surface area contributed by atoms with Crippen LogP contribution in [0, 0.1) is 0 Å². The maximum Gasteiger partial charge on any atom is 0.417 e. The normalized spacial score (nSPS) is 12.1. The number of benzene rings is 2. The van der Waals surface area contributed by atoms with Crippen molar-refractivity contribution in [3.63, 3.8) is 0 Å². The van der Waals surface area contributed by atoms with Gasteiger partial charge in [0.2, 0.25) is 5.91 Å². The topological polar surface area (TPSA) is 69.7 Å². The maximum absolute atomic E-state index is 13.0. The Morgan fingerprint density at radius 2 is 1.71 bits per heavy atom. The summed E-state index contributed by atoms with van der Waals surface area (Å²) in [7, 11) is -1.41. The molecule has 0 saturated carbocycles. The molecule has 0 heterocycles. The lowest BCUT2D eigenvalue weighted by molar-refractivity contribution is -0.137. The Morgan fingerprint density at radius 1 is 1.11 bits per heavy atom. The Labute approximate surface area is 165 Å². The molecular formula is C17H17ClF3N3O3S. The molecule has 0 atom stereocenters. The minimum absolute atomic E-state index is 0.156. The van der Waals surface area contributed by atoms with Gasteiger partial charge in [-0.1, -0.05) is 29.8 Å². The Kier molecular flexibility index (Phi) is 6.58. The first-order valence-corrected chi connectivity index (χ1v) is 9.62. The second kappa shape index (κ2) is 8.38. The van der Waals surface area contributed by atoms with Gasteiger partial charge in [0.25, 0.3) is 0 Å². The van der Waals surface area contributed by atoms with Crippen LogP contribution in [0.3, 0.4) is 0 Å². The summed E-state index contributed by atoms with van der Waals surface area (Å²) in [6.07, 6.45) is -4.69. The third kappa shape index (κ3) is 5.15. The van der Waals surface area contributed by atoms with Gasteiger partial charge in [-0.3, -0.25) is 4.79 Å². The van der Waals surface area contributed by atoms with Gasteiger partial charge in [-0.15, -0.1) is 0 Å². The molecule has 0 aliphatic carbocycles. The lowest BCUT2D eigenvalue weighted by Crippen LogP contribution is -2.44. The highest BCUT2D eigenvalue weighted by molar-refractivity contribution is 7.90. The number of carbonyl (C=O) groups excluding carboxylic acids is 1. The summed E-state index contributed by atoms with van der Waals surface area (Å²) in [5, 5.41) is 1.76. The number of alkyl halides is 3. The molecule has 0 saturated heterocycles. The Bertz CT molecular complexity index is 951. The summed E-state index contributed by atoms with van der Waals surface area (Å²) < 4.78 is 65.7. The van der Waals surface area contributed by atoms with Crippen LogP contribution in [0.2, 0.25) is 5.02 Å². The predicted octanol–water partition coefficient (Wildman–Crippen LogP) is 3.61. The Balaban J connectivity index is 2.28. The average molecular weight is 436 g/mol. The van der Waals surface area contributed by atoms with Crippen LogP contribution in [0.15, 0.2) is 48.5 Å². The van der Waals surface area contributed by atoms with E-state index in [0.717, 1.165) is 14.7 Å². The number of amides is 1. The van der Waals surface area contributed by atoms with Gasteiger partial charge in [0, 0.05) is 19.8 Å². The number of anilines is 2. The average Bonchev–Trinajstić information content (AvgIpc) is 2.61. The highest BCUT2D eigenvalue weighted by Gasteiger charge is 2.33. The lowest BCUT2D eigenvalue weighted by Gasteiger charge is -2.26. The molecule has 0 spiro atoms. The Morgan fingerprint density at radius 3 is 2.25 bits per heavy atom. The van der Waals surface area contributed by atoms with Gasteiger partial charge >= 0.3 is 16.4 Å². The summed E-state index contributed by atoms with van der Waals surface area (Å²) in [5.41, 5.74) is -1.02. The summed E-state index contributed by atoms with van der Waals surface area (Å²) >= 11 is 5.55. The zero-order chi connectivity index (χ0) is 21.1. The number of halogens is 4. The van der Waals surface area contributed by atoms with Gasteiger partial charge in [0.1, 0.15) is 6.54 Å². The highest BCUT2D eigenvalue weighted by atomic mass is 35.5. The fourth-order valence-corrected chi connectivity index (χ4v) is 3.54. The first kappa shape index (κ1) is 22.0. The summed E-state index contributed by atoms with van der Waals surface area (Å²) in [5.74, 6) is -0.815. The standard InChI is InChI=1S/C17H17ClF3N3O3S/c1-23(2)28(26,27)24(13-6-4-3-5-7-13)11-16(25)22-12-8-9-15(18)14(10-12)17(19,20)21/h3-10H,11H2,1-2H3,(H,22,25). The van der Waals surface area contributed by atoms with Gasteiger partial charge < -0.3 is 5.32 Å². The molecule has 28 heavy (non-hydrogen) atoms.